The summed E-state index contributed by atoms with van der Waals surface area (Å²) >= 11 is 0. The number of halogens is 1. The molecule has 2 N–H and O–H groups in total. The van der Waals surface area contributed by atoms with Gasteiger partial charge in [0, 0.05) is 51.8 Å². The number of aliphatic imine (C=N–C) groups is 1. The van der Waals surface area contributed by atoms with E-state index in [1.54, 1.807) is 21.3 Å². The quantitative estimate of drug-likeness (QED) is 0.314. The molecule has 0 bridgehead atoms. The number of aromatic nitrogens is 3. The SMILES string of the molecule is CN=C(NCc1nnc2n1CCC2)NC1CCN(Cc2cc(OC)cc(OC)c2)C1.I. The largest absolute Gasteiger partial charge is 0.497 e. The fourth-order valence-corrected chi connectivity index (χ4v) is 4.20. The third-order valence-electron chi connectivity index (χ3n) is 5.75. The molecule has 1 atom stereocenters. The zero-order valence-electron chi connectivity index (χ0n) is 18.4. The molecule has 170 valence electrons. The van der Waals surface area contributed by atoms with E-state index in [2.05, 4.69) is 47.4 Å². The number of hydrogen-bond acceptors (Lipinski definition) is 6. The second-order valence-corrected chi connectivity index (χ2v) is 7.80. The van der Waals surface area contributed by atoms with Crippen LogP contribution in [0.5, 0.6) is 11.5 Å². The maximum atomic E-state index is 5.39. The minimum atomic E-state index is 0. The average molecular weight is 541 g/mol. The van der Waals surface area contributed by atoms with Crippen LogP contribution in [0, 0.1) is 0 Å². The molecule has 1 aromatic carbocycles. The number of benzene rings is 1. The predicted molar refractivity (Wildman–Crippen MR) is 130 cm³/mol. The molecular weight excluding hydrogens is 509 g/mol. The lowest BCUT2D eigenvalue weighted by Crippen LogP contribution is -2.44. The van der Waals surface area contributed by atoms with Crippen LogP contribution in [0.15, 0.2) is 23.2 Å². The zero-order chi connectivity index (χ0) is 20.9. The highest BCUT2D eigenvalue weighted by Crippen LogP contribution is 2.24. The van der Waals surface area contributed by atoms with Gasteiger partial charge in [-0.05, 0) is 30.5 Å². The van der Waals surface area contributed by atoms with Gasteiger partial charge in [0.05, 0.1) is 20.8 Å². The molecule has 9 nitrogen and oxygen atoms in total. The van der Waals surface area contributed by atoms with Gasteiger partial charge < -0.3 is 24.7 Å². The van der Waals surface area contributed by atoms with E-state index < -0.39 is 0 Å². The fourth-order valence-electron chi connectivity index (χ4n) is 4.20. The summed E-state index contributed by atoms with van der Waals surface area (Å²) < 4.78 is 13.0. The Bertz CT molecular complexity index is 880. The molecule has 0 saturated carbocycles. The predicted octanol–water partition coefficient (Wildman–Crippen LogP) is 1.80. The van der Waals surface area contributed by atoms with Gasteiger partial charge in [0.25, 0.3) is 0 Å². The van der Waals surface area contributed by atoms with E-state index in [9.17, 15) is 0 Å². The van der Waals surface area contributed by atoms with Crippen molar-refractivity contribution >= 4 is 29.9 Å². The standard InChI is InChI=1S/C21H31N7O2.HI/c1-22-21(23-12-20-26-25-19-5-4-7-28(19)20)24-16-6-8-27(14-16)13-15-9-17(29-2)11-18(10-15)30-3;/h9-11,16H,4-8,12-14H2,1-3H3,(H2,22,23,24);1H. The Morgan fingerprint density at radius 3 is 2.65 bits per heavy atom. The summed E-state index contributed by atoms with van der Waals surface area (Å²) in [5, 5.41) is 15.5. The van der Waals surface area contributed by atoms with Gasteiger partial charge in [0.2, 0.25) is 0 Å². The number of fused-ring (bicyclic) bond motifs is 1. The molecule has 0 amide bonds. The van der Waals surface area contributed by atoms with Gasteiger partial charge in [-0.1, -0.05) is 0 Å². The van der Waals surface area contributed by atoms with E-state index >= 15 is 0 Å². The monoisotopic (exact) mass is 541 g/mol. The molecule has 3 heterocycles. The summed E-state index contributed by atoms with van der Waals surface area (Å²) in [4.78, 5) is 6.82. The van der Waals surface area contributed by atoms with Crippen molar-refractivity contribution in [3.05, 3.63) is 35.4 Å². The number of hydrogen-bond donors (Lipinski definition) is 2. The molecule has 0 radical (unpaired) electrons. The van der Waals surface area contributed by atoms with Crippen LogP contribution in [0.25, 0.3) is 0 Å². The van der Waals surface area contributed by atoms with Crippen LogP contribution in [0.4, 0.5) is 0 Å². The van der Waals surface area contributed by atoms with E-state index in [4.69, 9.17) is 9.47 Å². The van der Waals surface area contributed by atoms with Crippen molar-refractivity contribution < 1.29 is 9.47 Å². The molecule has 1 aromatic heterocycles. The van der Waals surface area contributed by atoms with Crippen molar-refractivity contribution in [3.63, 3.8) is 0 Å². The Morgan fingerprint density at radius 1 is 1.16 bits per heavy atom. The van der Waals surface area contributed by atoms with Crippen molar-refractivity contribution in [2.24, 2.45) is 4.99 Å². The lowest BCUT2D eigenvalue weighted by atomic mass is 10.2. The van der Waals surface area contributed by atoms with Gasteiger partial charge in [0.15, 0.2) is 11.8 Å². The van der Waals surface area contributed by atoms with Crippen LogP contribution >= 0.6 is 24.0 Å². The molecule has 4 rings (SSSR count). The van der Waals surface area contributed by atoms with E-state index in [1.165, 1.54) is 5.56 Å². The average Bonchev–Trinajstić information content (AvgIpc) is 3.49. The molecule has 31 heavy (non-hydrogen) atoms. The summed E-state index contributed by atoms with van der Waals surface area (Å²) in [6.07, 6.45) is 3.25. The second-order valence-electron chi connectivity index (χ2n) is 7.80. The number of nitrogens with zero attached hydrogens (tertiary/aromatic N) is 5. The zero-order valence-corrected chi connectivity index (χ0v) is 20.8. The number of guanidine groups is 1. The molecule has 0 aliphatic carbocycles. The third kappa shape index (κ3) is 5.79. The van der Waals surface area contributed by atoms with Gasteiger partial charge in [-0.25, -0.2) is 0 Å². The topological polar surface area (TPSA) is 88.8 Å². The summed E-state index contributed by atoms with van der Waals surface area (Å²) in [7, 11) is 5.17. The third-order valence-corrected chi connectivity index (χ3v) is 5.75. The summed E-state index contributed by atoms with van der Waals surface area (Å²) in [6, 6.07) is 6.40. The molecule has 10 heteroatoms. The van der Waals surface area contributed by atoms with Gasteiger partial charge in [-0.15, -0.1) is 34.2 Å². The van der Waals surface area contributed by atoms with Crippen LogP contribution in [-0.2, 0) is 26.1 Å². The highest BCUT2D eigenvalue weighted by Gasteiger charge is 2.24. The summed E-state index contributed by atoms with van der Waals surface area (Å²) in [6.45, 7) is 4.50. The number of ether oxygens (including phenoxy) is 2. The molecule has 1 saturated heterocycles. The van der Waals surface area contributed by atoms with Gasteiger partial charge >= 0.3 is 0 Å². The Hall–Kier alpha value is -2.08. The van der Waals surface area contributed by atoms with E-state index in [0.29, 0.717) is 12.6 Å². The fraction of sp³-hybridized carbons (Fsp3) is 0.571. The molecule has 2 aliphatic rings. The second kappa shape index (κ2) is 11.0. The number of methoxy groups -OCH3 is 2. The minimum absolute atomic E-state index is 0. The Labute approximate surface area is 200 Å². The van der Waals surface area contributed by atoms with Gasteiger partial charge in [-0.2, -0.15) is 0 Å². The maximum Gasteiger partial charge on any atom is 0.191 e. The first-order chi connectivity index (χ1) is 14.7. The minimum Gasteiger partial charge on any atom is -0.497 e. The number of nitrogens with one attached hydrogen (secondary N) is 2. The van der Waals surface area contributed by atoms with Gasteiger partial charge in [0.1, 0.15) is 17.3 Å². The Kier molecular flexibility index (Phi) is 8.35. The molecule has 0 spiro atoms. The normalized spacial score (nSPS) is 18.4. The highest BCUT2D eigenvalue weighted by molar-refractivity contribution is 14.0. The molecular formula is C21H32IN7O2. The van der Waals surface area contributed by atoms with Crippen molar-refractivity contribution in [2.75, 3.05) is 34.4 Å². The first-order valence-electron chi connectivity index (χ1n) is 10.5. The maximum absolute atomic E-state index is 5.39. The van der Waals surface area contributed by atoms with E-state index in [0.717, 1.165) is 74.5 Å². The van der Waals surface area contributed by atoms with Crippen molar-refractivity contribution in [1.29, 1.82) is 0 Å². The van der Waals surface area contributed by atoms with Crippen LogP contribution in [0.3, 0.4) is 0 Å². The van der Waals surface area contributed by atoms with Crippen molar-refractivity contribution in [2.45, 2.75) is 44.9 Å². The van der Waals surface area contributed by atoms with Crippen LogP contribution in [0.1, 0.15) is 30.1 Å². The number of rotatable bonds is 7. The first-order valence-corrected chi connectivity index (χ1v) is 10.5. The van der Waals surface area contributed by atoms with Crippen molar-refractivity contribution in [3.8, 4) is 11.5 Å². The Balaban J connectivity index is 0.00000272. The smallest absolute Gasteiger partial charge is 0.191 e. The van der Waals surface area contributed by atoms with Crippen LogP contribution < -0.4 is 20.1 Å². The molecule has 2 aromatic rings. The summed E-state index contributed by atoms with van der Waals surface area (Å²) in [5.74, 6) is 4.52. The van der Waals surface area contributed by atoms with E-state index in [-0.39, 0.29) is 24.0 Å². The number of aryl methyl sites for hydroxylation is 1. The van der Waals surface area contributed by atoms with Gasteiger partial charge in [-0.3, -0.25) is 9.89 Å². The van der Waals surface area contributed by atoms with Crippen molar-refractivity contribution in [1.82, 2.24) is 30.3 Å². The molecule has 1 fully saturated rings. The van der Waals surface area contributed by atoms with Crippen LogP contribution in [0.2, 0.25) is 0 Å². The lowest BCUT2D eigenvalue weighted by Gasteiger charge is -2.19. The first kappa shape index (κ1) is 23.6. The number of likely N-dealkylation sites (tertiary alicyclic amines) is 1. The van der Waals surface area contributed by atoms with E-state index in [1.807, 2.05) is 6.07 Å². The highest BCUT2D eigenvalue weighted by atomic mass is 127. The molecule has 1 unspecified atom stereocenters. The Morgan fingerprint density at radius 2 is 1.94 bits per heavy atom. The lowest BCUT2D eigenvalue weighted by molar-refractivity contribution is 0.321. The molecule has 2 aliphatic heterocycles. The summed E-state index contributed by atoms with van der Waals surface area (Å²) in [5.41, 5.74) is 1.19. The van der Waals surface area contributed by atoms with Crippen LogP contribution in [-0.4, -0.2) is 66.0 Å².